The summed E-state index contributed by atoms with van der Waals surface area (Å²) in [6.07, 6.45) is 0. The van der Waals surface area contributed by atoms with Gasteiger partial charge in [0, 0.05) is 23.2 Å². The number of carbonyl (C=O) groups is 2. The molecule has 0 saturated heterocycles. The molecule has 0 aliphatic heterocycles. The van der Waals surface area contributed by atoms with E-state index in [1.807, 2.05) is 38.1 Å². The molecule has 0 bridgehead atoms. The summed E-state index contributed by atoms with van der Waals surface area (Å²) in [6.45, 7) is 4.03. The Morgan fingerprint density at radius 3 is 2.40 bits per heavy atom. The van der Waals surface area contributed by atoms with E-state index in [1.165, 1.54) is 7.11 Å². The summed E-state index contributed by atoms with van der Waals surface area (Å²) in [6, 6.07) is 12.2. The van der Waals surface area contributed by atoms with Crippen molar-refractivity contribution in [2.45, 2.75) is 20.4 Å². The van der Waals surface area contributed by atoms with E-state index in [1.54, 1.807) is 18.2 Å². The van der Waals surface area contributed by atoms with Crippen LogP contribution in [-0.2, 0) is 11.3 Å². The molecule has 0 radical (unpaired) electrons. The highest BCUT2D eigenvalue weighted by Gasteiger charge is 2.13. The zero-order chi connectivity index (χ0) is 18.4. The number of methoxy groups -OCH3 is 1. The number of benzene rings is 2. The van der Waals surface area contributed by atoms with Gasteiger partial charge in [0.05, 0.1) is 12.7 Å². The SMILES string of the molecule is COc1ccc(Cl)cc1C(=O)NCc1ccc(NC(=O)C(C)C)cc1. The molecular weight excluding hydrogens is 340 g/mol. The molecule has 2 amide bonds. The highest BCUT2D eigenvalue weighted by Crippen LogP contribution is 2.22. The van der Waals surface area contributed by atoms with Crippen molar-refractivity contribution >= 4 is 29.1 Å². The van der Waals surface area contributed by atoms with Crippen molar-refractivity contribution in [1.82, 2.24) is 5.32 Å². The van der Waals surface area contributed by atoms with E-state index >= 15 is 0 Å². The predicted molar refractivity (Wildman–Crippen MR) is 99.1 cm³/mol. The molecule has 0 atom stereocenters. The first kappa shape index (κ1) is 18.8. The highest BCUT2D eigenvalue weighted by molar-refractivity contribution is 6.31. The first-order valence-electron chi connectivity index (χ1n) is 7.92. The summed E-state index contributed by atoms with van der Waals surface area (Å²) >= 11 is 5.95. The van der Waals surface area contributed by atoms with Crippen molar-refractivity contribution in [2.75, 3.05) is 12.4 Å². The van der Waals surface area contributed by atoms with Crippen LogP contribution in [0.3, 0.4) is 0 Å². The van der Waals surface area contributed by atoms with E-state index in [2.05, 4.69) is 10.6 Å². The molecule has 0 fully saturated rings. The number of rotatable bonds is 6. The third kappa shape index (κ3) is 5.22. The monoisotopic (exact) mass is 360 g/mol. The average molecular weight is 361 g/mol. The van der Waals surface area contributed by atoms with Crippen molar-refractivity contribution < 1.29 is 14.3 Å². The maximum Gasteiger partial charge on any atom is 0.255 e. The van der Waals surface area contributed by atoms with Crippen LogP contribution in [-0.4, -0.2) is 18.9 Å². The minimum Gasteiger partial charge on any atom is -0.496 e. The summed E-state index contributed by atoms with van der Waals surface area (Å²) in [5, 5.41) is 6.12. The molecule has 132 valence electrons. The Balaban J connectivity index is 1.98. The molecular formula is C19H21ClN2O3. The Bertz CT molecular complexity index is 758. The lowest BCUT2D eigenvalue weighted by Crippen LogP contribution is -2.23. The first-order valence-corrected chi connectivity index (χ1v) is 8.30. The fourth-order valence-corrected chi connectivity index (χ4v) is 2.30. The lowest BCUT2D eigenvalue weighted by molar-refractivity contribution is -0.118. The van der Waals surface area contributed by atoms with E-state index in [4.69, 9.17) is 16.3 Å². The van der Waals surface area contributed by atoms with Crippen molar-refractivity contribution in [3.05, 3.63) is 58.6 Å². The third-order valence-corrected chi connectivity index (χ3v) is 3.84. The smallest absolute Gasteiger partial charge is 0.255 e. The maximum absolute atomic E-state index is 12.3. The Kier molecular flexibility index (Phi) is 6.42. The molecule has 0 spiro atoms. The standard InChI is InChI=1S/C19H21ClN2O3/c1-12(2)18(23)22-15-7-4-13(5-8-15)11-21-19(24)16-10-14(20)6-9-17(16)25-3/h4-10,12H,11H2,1-3H3,(H,21,24)(H,22,23). The van der Waals surface area contributed by atoms with Crippen LogP contribution in [0.2, 0.25) is 5.02 Å². The molecule has 0 aliphatic rings. The predicted octanol–water partition coefficient (Wildman–Crippen LogP) is 3.87. The van der Waals surface area contributed by atoms with Gasteiger partial charge in [-0.2, -0.15) is 0 Å². The van der Waals surface area contributed by atoms with E-state index < -0.39 is 0 Å². The second kappa shape index (κ2) is 8.53. The second-order valence-corrected chi connectivity index (χ2v) is 6.30. The third-order valence-electron chi connectivity index (χ3n) is 3.61. The number of amides is 2. The van der Waals surface area contributed by atoms with Crippen LogP contribution in [0.4, 0.5) is 5.69 Å². The lowest BCUT2D eigenvalue weighted by atomic mass is 10.1. The highest BCUT2D eigenvalue weighted by atomic mass is 35.5. The number of halogens is 1. The van der Waals surface area contributed by atoms with Gasteiger partial charge >= 0.3 is 0 Å². The van der Waals surface area contributed by atoms with Crippen LogP contribution in [0, 0.1) is 5.92 Å². The minimum absolute atomic E-state index is 0.0332. The van der Waals surface area contributed by atoms with Gasteiger partial charge in [-0.1, -0.05) is 37.6 Å². The van der Waals surface area contributed by atoms with Gasteiger partial charge in [-0.25, -0.2) is 0 Å². The van der Waals surface area contributed by atoms with Gasteiger partial charge < -0.3 is 15.4 Å². The zero-order valence-electron chi connectivity index (χ0n) is 14.4. The summed E-state index contributed by atoms with van der Waals surface area (Å²) in [4.78, 5) is 24.0. The second-order valence-electron chi connectivity index (χ2n) is 5.87. The fraction of sp³-hybridized carbons (Fsp3) is 0.263. The lowest BCUT2D eigenvalue weighted by Gasteiger charge is -2.11. The quantitative estimate of drug-likeness (QED) is 0.821. The van der Waals surface area contributed by atoms with Crippen molar-refractivity contribution in [3.8, 4) is 5.75 Å². The molecule has 2 aromatic carbocycles. The van der Waals surface area contributed by atoms with Gasteiger partial charge in [0.15, 0.2) is 0 Å². The Morgan fingerprint density at radius 2 is 1.80 bits per heavy atom. The number of hydrogen-bond donors (Lipinski definition) is 2. The number of anilines is 1. The van der Waals surface area contributed by atoms with Gasteiger partial charge in [0.1, 0.15) is 5.75 Å². The zero-order valence-corrected chi connectivity index (χ0v) is 15.2. The minimum atomic E-state index is -0.267. The summed E-state index contributed by atoms with van der Waals surface area (Å²) in [7, 11) is 1.50. The van der Waals surface area contributed by atoms with E-state index in [9.17, 15) is 9.59 Å². The molecule has 0 heterocycles. The van der Waals surface area contributed by atoms with Gasteiger partial charge in [-0.15, -0.1) is 0 Å². The summed E-state index contributed by atoms with van der Waals surface area (Å²) in [5.41, 5.74) is 2.03. The van der Waals surface area contributed by atoms with Crippen molar-refractivity contribution in [1.29, 1.82) is 0 Å². The Labute approximate surface area is 152 Å². The van der Waals surface area contributed by atoms with Gasteiger partial charge in [-0.05, 0) is 35.9 Å². The van der Waals surface area contributed by atoms with Crippen LogP contribution >= 0.6 is 11.6 Å². The largest absolute Gasteiger partial charge is 0.496 e. The molecule has 0 aromatic heterocycles. The van der Waals surface area contributed by atoms with Crippen molar-refractivity contribution in [3.63, 3.8) is 0 Å². The number of nitrogens with one attached hydrogen (secondary N) is 2. The van der Waals surface area contributed by atoms with Gasteiger partial charge in [0.25, 0.3) is 5.91 Å². The molecule has 2 N–H and O–H groups in total. The topological polar surface area (TPSA) is 67.4 Å². The molecule has 5 nitrogen and oxygen atoms in total. The number of ether oxygens (including phenoxy) is 1. The summed E-state index contributed by atoms with van der Waals surface area (Å²) < 4.78 is 5.19. The van der Waals surface area contributed by atoms with Crippen LogP contribution in [0.15, 0.2) is 42.5 Å². The van der Waals surface area contributed by atoms with E-state index in [0.717, 1.165) is 11.3 Å². The molecule has 0 saturated carbocycles. The number of hydrogen-bond acceptors (Lipinski definition) is 3. The van der Waals surface area contributed by atoms with Crippen LogP contribution in [0.5, 0.6) is 5.75 Å². The van der Waals surface area contributed by atoms with E-state index in [-0.39, 0.29) is 17.7 Å². The normalized spacial score (nSPS) is 10.4. The van der Waals surface area contributed by atoms with Gasteiger partial charge in [-0.3, -0.25) is 9.59 Å². The Morgan fingerprint density at radius 1 is 1.12 bits per heavy atom. The average Bonchev–Trinajstić information content (AvgIpc) is 2.60. The molecule has 0 unspecified atom stereocenters. The molecule has 2 rings (SSSR count). The molecule has 0 aliphatic carbocycles. The molecule has 6 heteroatoms. The van der Waals surface area contributed by atoms with Crippen molar-refractivity contribution in [2.24, 2.45) is 5.92 Å². The van der Waals surface area contributed by atoms with Crippen LogP contribution < -0.4 is 15.4 Å². The molecule has 2 aromatic rings. The van der Waals surface area contributed by atoms with Crippen LogP contribution in [0.1, 0.15) is 29.8 Å². The Hall–Kier alpha value is -2.53. The van der Waals surface area contributed by atoms with Crippen LogP contribution in [0.25, 0.3) is 0 Å². The first-order chi connectivity index (χ1) is 11.9. The maximum atomic E-state index is 12.3. The number of carbonyl (C=O) groups excluding carboxylic acids is 2. The molecule has 25 heavy (non-hydrogen) atoms. The van der Waals surface area contributed by atoms with E-state index in [0.29, 0.717) is 22.9 Å². The fourth-order valence-electron chi connectivity index (χ4n) is 2.13. The summed E-state index contributed by atoms with van der Waals surface area (Å²) in [5.74, 6) is 0.0888. The van der Waals surface area contributed by atoms with Gasteiger partial charge in [0.2, 0.25) is 5.91 Å².